The molecule has 5 nitrogen and oxygen atoms in total. The summed E-state index contributed by atoms with van der Waals surface area (Å²) in [7, 11) is 0. The zero-order valence-electron chi connectivity index (χ0n) is 13.6. The Morgan fingerprint density at radius 2 is 1.76 bits per heavy atom. The van der Waals surface area contributed by atoms with Crippen LogP contribution in [-0.2, 0) is 9.57 Å². The smallest absolute Gasteiger partial charge is 0.432 e. The third-order valence-corrected chi connectivity index (χ3v) is 2.10. The van der Waals surface area contributed by atoms with E-state index < -0.39 is 6.16 Å². The highest BCUT2D eigenvalue weighted by Gasteiger charge is 2.06. The van der Waals surface area contributed by atoms with Crippen LogP contribution in [0, 0.1) is 12.8 Å². The van der Waals surface area contributed by atoms with Crippen molar-refractivity contribution in [1.29, 1.82) is 0 Å². The molecule has 0 aliphatic rings. The van der Waals surface area contributed by atoms with E-state index >= 15 is 0 Å². The fourth-order valence-corrected chi connectivity index (χ4v) is 1.12. The molecule has 1 rings (SSSR count). The summed E-state index contributed by atoms with van der Waals surface area (Å²) in [6, 6.07) is 7.40. The molecule has 0 radical (unpaired) electrons. The number of rotatable bonds is 4. The lowest BCUT2D eigenvalue weighted by Crippen LogP contribution is -2.16. The molecule has 0 aliphatic carbocycles. The minimum atomic E-state index is -0.848. The minimum Gasteiger partial charge on any atom is -0.432 e. The van der Waals surface area contributed by atoms with Gasteiger partial charge in [0.15, 0.2) is 5.84 Å². The SMILES string of the molecule is CCC.Cc1ccc(/C(N)=N/OC(=O)OCC(C)C)cc1. The second-order valence-electron chi connectivity index (χ2n) is 5.10. The average molecular weight is 294 g/mol. The molecule has 21 heavy (non-hydrogen) atoms. The molecule has 0 spiro atoms. The van der Waals surface area contributed by atoms with Gasteiger partial charge < -0.3 is 10.5 Å². The maximum atomic E-state index is 11.1. The topological polar surface area (TPSA) is 73.9 Å². The zero-order valence-corrected chi connectivity index (χ0v) is 13.6. The average Bonchev–Trinajstić information content (AvgIpc) is 2.44. The van der Waals surface area contributed by atoms with Crippen LogP contribution < -0.4 is 5.73 Å². The lowest BCUT2D eigenvalue weighted by Gasteiger charge is -2.05. The molecule has 0 aromatic heterocycles. The lowest BCUT2D eigenvalue weighted by atomic mass is 10.1. The van der Waals surface area contributed by atoms with E-state index in [1.807, 2.05) is 32.9 Å². The van der Waals surface area contributed by atoms with Crippen molar-refractivity contribution in [2.24, 2.45) is 16.8 Å². The first-order valence-corrected chi connectivity index (χ1v) is 7.14. The van der Waals surface area contributed by atoms with Crippen LogP contribution in [0.1, 0.15) is 45.2 Å². The molecule has 2 N–H and O–H groups in total. The van der Waals surface area contributed by atoms with Crippen LogP contribution in [0.3, 0.4) is 0 Å². The van der Waals surface area contributed by atoms with Crippen molar-refractivity contribution in [2.45, 2.75) is 41.0 Å². The summed E-state index contributed by atoms with van der Waals surface area (Å²) >= 11 is 0. The Kier molecular flexibility index (Phi) is 9.67. The first-order valence-electron chi connectivity index (χ1n) is 7.14. The third kappa shape index (κ3) is 9.49. The summed E-state index contributed by atoms with van der Waals surface area (Å²) in [5.41, 5.74) is 7.47. The number of nitrogens with zero attached hydrogens (tertiary/aromatic N) is 1. The summed E-state index contributed by atoms with van der Waals surface area (Å²) < 4.78 is 4.79. The Balaban J connectivity index is 0.00000122. The van der Waals surface area contributed by atoms with Crippen molar-refractivity contribution in [3.63, 3.8) is 0 Å². The van der Waals surface area contributed by atoms with Crippen molar-refractivity contribution in [2.75, 3.05) is 6.61 Å². The summed E-state index contributed by atoms with van der Waals surface area (Å²) in [5.74, 6) is 0.382. The number of aryl methyl sites for hydroxylation is 1. The molecule has 1 aromatic carbocycles. The van der Waals surface area contributed by atoms with Gasteiger partial charge in [0.25, 0.3) is 0 Å². The van der Waals surface area contributed by atoms with Crippen molar-refractivity contribution in [3.8, 4) is 0 Å². The Labute approximate surface area is 127 Å². The number of nitrogens with two attached hydrogens (primary N) is 1. The second-order valence-corrected chi connectivity index (χ2v) is 5.10. The fourth-order valence-electron chi connectivity index (χ4n) is 1.12. The van der Waals surface area contributed by atoms with Gasteiger partial charge in [-0.05, 0) is 12.8 Å². The van der Waals surface area contributed by atoms with Crippen LogP contribution >= 0.6 is 0 Å². The standard InChI is InChI=1S/C13H18N2O3.C3H8/c1-9(2)8-17-13(16)18-15-12(14)11-6-4-10(3)5-7-11;1-3-2/h4-7,9H,8H2,1-3H3,(H2,14,15);3H2,1-2H3. The predicted molar refractivity (Wildman–Crippen MR) is 85.1 cm³/mol. The van der Waals surface area contributed by atoms with Crippen molar-refractivity contribution in [1.82, 2.24) is 0 Å². The van der Waals surface area contributed by atoms with E-state index in [-0.39, 0.29) is 11.8 Å². The van der Waals surface area contributed by atoms with Gasteiger partial charge in [0.2, 0.25) is 0 Å². The zero-order chi connectivity index (χ0) is 16.3. The summed E-state index contributed by atoms with van der Waals surface area (Å²) in [5, 5.41) is 3.52. The molecule has 0 bridgehead atoms. The molecule has 0 fully saturated rings. The normalized spacial score (nSPS) is 10.7. The van der Waals surface area contributed by atoms with E-state index in [0.717, 1.165) is 5.56 Å². The van der Waals surface area contributed by atoms with Crippen molar-refractivity contribution in [3.05, 3.63) is 35.4 Å². The van der Waals surface area contributed by atoms with Crippen LogP contribution in [0.4, 0.5) is 4.79 Å². The molecule has 0 heterocycles. The fraction of sp³-hybridized carbons (Fsp3) is 0.500. The Bertz CT molecular complexity index is 439. The van der Waals surface area contributed by atoms with Gasteiger partial charge in [0.1, 0.15) is 0 Å². The number of carbonyl (C=O) groups is 1. The maximum absolute atomic E-state index is 11.1. The molecule has 0 atom stereocenters. The van der Waals surface area contributed by atoms with Gasteiger partial charge >= 0.3 is 6.16 Å². The van der Waals surface area contributed by atoms with Crippen molar-refractivity contribution >= 4 is 12.0 Å². The van der Waals surface area contributed by atoms with E-state index in [9.17, 15) is 4.79 Å². The molecule has 0 saturated carbocycles. The summed E-state index contributed by atoms with van der Waals surface area (Å²) in [6.45, 7) is 10.4. The molecule has 0 aliphatic heterocycles. The number of ether oxygens (including phenoxy) is 1. The Morgan fingerprint density at radius 3 is 2.24 bits per heavy atom. The molecule has 0 saturated heterocycles. The predicted octanol–water partition coefficient (Wildman–Crippen LogP) is 3.84. The molecule has 1 aromatic rings. The van der Waals surface area contributed by atoms with Crippen LogP contribution in [0.25, 0.3) is 0 Å². The van der Waals surface area contributed by atoms with Crippen LogP contribution in [0.2, 0.25) is 0 Å². The third-order valence-electron chi connectivity index (χ3n) is 2.10. The Morgan fingerprint density at radius 1 is 1.24 bits per heavy atom. The number of oxime groups is 1. The quantitative estimate of drug-likeness (QED) is 0.301. The van der Waals surface area contributed by atoms with E-state index in [1.165, 1.54) is 6.42 Å². The molecule has 5 heteroatoms. The highest BCUT2D eigenvalue weighted by Crippen LogP contribution is 2.03. The summed E-state index contributed by atoms with van der Waals surface area (Å²) in [6.07, 6.45) is 0.402. The lowest BCUT2D eigenvalue weighted by molar-refractivity contribution is 0.0494. The Hall–Kier alpha value is -2.04. The van der Waals surface area contributed by atoms with Crippen LogP contribution in [0.5, 0.6) is 0 Å². The molecule has 0 unspecified atom stereocenters. The molecular formula is C16H26N2O3. The minimum absolute atomic E-state index is 0.136. The van der Waals surface area contributed by atoms with Gasteiger partial charge in [0, 0.05) is 5.56 Å². The van der Waals surface area contributed by atoms with Crippen LogP contribution in [0.15, 0.2) is 29.4 Å². The van der Waals surface area contributed by atoms with E-state index in [4.69, 9.17) is 10.5 Å². The van der Waals surface area contributed by atoms with E-state index in [2.05, 4.69) is 23.8 Å². The van der Waals surface area contributed by atoms with Gasteiger partial charge in [-0.15, -0.1) is 0 Å². The van der Waals surface area contributed by atoms with Crippen molar-refractivity contribution < 1.29 is 14.4 Å². The number of carbonyl (C=O) groups excluding carboxylic acids is 1. The van der Waals surface area contributed by atoms with Gasteiger partial charge in [-0.25, -0.2) is 4.79 Å². The van der Waals surface area contributed by atoms with Gasteiger partial charge in [0.05, 0.1) is 6.61 Å². The van der Waals surface area contributed by atoms with Gasteiger partial charge in [-0.1, -0.05) is 69.1 Å². The first kappa shape index (κ1) is 19.0. The highest BCUT2D eigenvalue weighted by atomic mass is 16.8. The maximum Gasteiger partial charge on any atom is 0.535 e. The van der Waals surface area contributed by atoms with Gasteiger partial charge in [-0.2, -0.15) is 0 Å². The monoisotopic (exact) mass is 294 g/mol. The number of hydrogen-bond donors (Lipinski definition) is 1. The first-order chi connectivity index (χ1) is 9.90. The number of benzene rings is 1. The summed E-state index contributed by atoms with van der Waals surface area (Å²) in [4.78, 5) is 15.7. The highest BCUT2D eigenvalue weighted by molar-refractivity contribution is 5.97. The van der Waals surface area contributed by atoms with E-state index in [1.54, 1.807) is 12.1 Å². The number of hydrogen-bond acceptors (Lipinski definition) is 4. The van der Waals surface area contributed by atoms with Crippen LogP contribution in [-0.4, -0.2) is 18.6 Å². The molecular weight excluding hydrogens is 268 g/mol. The van der Waals surface area contributed by atoms with Gasteiger partial charge in [-0.3, -0.25) is 4.84 Å². The largest absolute Gasteiger partial charge is 0.535 e. The van der Waals surface area contributed by atoms with E-state index in [0.29, 0.717) is 12.2 Å². The number of amidine groups is 1. The molecule has 118 valence electrons. The second kappa shape index (κ2) is 10.7. The molecule has 0 amide bonds.